The van der Waals surface area contributed by atoms with Gasteiger partial charge in [-0.3, -0.25) is 9.78 Å². The molecule has 0 radical (unpaired) electrons. The molecule has 2 aromatic rings. The van der Waals surface area contributed by atoms with Crippen LogP contribution in [-0.2, 0) is 0 Å². The third-order valence-electron chi connectivity index (χ3n) is 2.54. The number of phenolic OH excluding ortho intramolecular Hbond substituents is 2. The number of aromatic hydroxyl groups is 2. The van der Waals surface area contributed by atoms with E-state index in [4.69, 9.17) is 10.2 Å². The van der Waals surface area contributed by atoms with Crippen molar-refractivity contribution in [2.24, 2.45) is 0 Å². The molecule has 2 rings (SSSR count). The molecule has 4 N–H and O–H groups in total. The molecular formula is C13H10N2O5. The van der Waals surface area contributed by atoms with Crippen LogP contribution in [0.5, 0.6) is 11.5 Å². The second-order valence-corrected chi connectivity index (χ2v) is 3.88. The van der Waals surface area contributed by atoms with Gasteiger partial charge in [-0.25, -0.2) is 4.79 Å². The minimum absolute atomic E-state index is 0.0394. The van der Waals surface area contributed by atoms with Crippen LogP contribution in [-0.4, -0.2) is 32.2 Å². The van der Waals surface area contributed by atoms with E-state index >= 15 is 0 Å². The number of nitrogens with zero attached hydrogens (tertiary/aromatic N) is 1. The van der Waals surface area contributed by atoms with Gasteiger partial charge in [0.25, 0.3) is 5.91 Å². The Bertz CT molecular complexity index is 684. The summed E-state index contributed by atoms with van der Waals surface area (Å²) in [6, 6.07) is 4.78. The van der Waals surface area contributed by atoms with Crippen molar-refractivity contribution in [1.29, 1.82) is 0 Å². The Balaban J connectivity index is 2.28. The van der Waals surface area contributed by atoms with Gasteiger partial charge in [-0.15, -0.1) is 0 Å². The normalized spacial score (nSPS) is 10.0. The highest BCUT2D eigenvalue weighted by Gasteiger charge is 2.14. The van der Waals surface area contributed by atoms with Crippen molar-refractivity contribution in [3.05, 3.63) is 47.8 Å². The summed E-state index contributed by atoms with van der Waals surface area (Å²) in [5.41, 5.74) is 0.00871. The Morgan fingerprint density at radius 2 is 1.85 bits per heavy atom. The van der Waals surface area contributed by atoms with Crippen molar-refractivity contribution in [1.82, 2.24) is 4.98 Å². The number of carbonyl (C=O) groups is 2. The second kappa shape index (κ2) is 5.27. The summed E-state index contributed by atoms with van der Waals surface area (Å²) in [7, 11) is 0. The van der Waals surface area contributed by atoms with Crippen LogP contribution < -0.4 is 5.32 Å². The molecular weight excluding hydrogens is 264 g/mol. The molecule has 1 heterocycles. The van der Waals surface area contributed by atoms with Gasteiger partial charge in [0, 0.05) is 11.8 Å². The topological polar surface area (TPSA) is 120 Å². The first-order chi connectivity index (χ1) is 9.49. The zero-order valence-electron chi connectivity index (χ0n) is 10.1. The number of benzene rings is 1. The molecule has 1 aromatic heterocycles. The molecule has 102 valence electrons. The molecule has 7 nitrogen and oxygen atoms in total. The maximum atomic E-state index is 11.9. The number of aromatic nitrogens is 1. The summed E-state index contributed by atoms with van der Waals surface area (Å²) < 4.78 is 0. The number of hydrogen-bond donors (Lipinski definition) is 4. The molecule has 0 atom stereocenters. The van der Waals surface area contributed by atoms with Crippen molar-refractivity contribution in [3.8, 4) is 11.5 Å². The van der Waals surface area contributed by atoms with Gasteiger partial charge in [-0.05, 0) is 24.3 Å². The number of carboxylic acid groups (broad SMARTS) is 1. The molecule has 0 bridgehead atoms. The molecule has 0 aliphatic carbocycles. The molecule has 0 unspecified atom stereocenters. The number of phenols is 2. The number of aromatic carboxylic acids is 1. The lowest BCUT2D eigenvalue weighted by Crippen LogP contribution is -2.15. The van der Waals surface area contributed by atoms with Crippen molar-refractivity contribution in [2.45, 2.75) is 0 Å². The summed E-state index contributed by atoms with van der Waals surface area (Å²) in [4.78, 5) is 26.7. The van der Waals surface area contributed by atoms with Crippen LogP contribution in [0.1, 0.15) is 20.7 Å². The van der Waals surface area contributed by atoms with E-state index in [9.17, 15) is 14.7 Å². The zero-order valence-corrected chi connectivity index (χ0v) is 10.1. The Hall–Kier alpha value is -3.09. The number of hydrogen-bond acceptors (Lipinski definition) is 5. The third kappa shape index (κ3) is 2.66. The van der Waals surface area contributed by atoms with Crippen LogP contribution >= 0.6 is 0 Å². The highest BCUT2D eigenvalue weighted by atomic mass is 16.4. The van der Waals surface area contributed by atoms with Gasteiger partial charge in [0.2, 0.25) is 0 Å². The van der Waals surface area contributed by atoms with E-state index < -0.39 is 17.6 Å². The smallest absolute Gasteiger partial charge is 0.337 e. The van der Waals surface area contributed by atoms with Crippen molar-refractivity contribution < 1.29 is 24.9 Å². The summed E-state index contributed by atoms with van der Waals surface area (Å²) in [6.07, 6.45) is 2.51. The average molecular weight is 274 g/mol. The Morgan fingerprint density at radius 3 is 2.50 bits per heavy atom. The van der Waals surface area contributed by atoms with Crippen LogP contribution in [0.3, 0.4) is 0 Å². The highest BCUT2D eigenvalue weighted by molar-refractivity contribution is 6.07. The van der Waals surface area contributed by atoms with Crippen LogP contribution in [0.4, 0.5) is 5.69 Å². The zero-order chi connectivity index (χ0) is 14.7. The maximum absolute atomic E-state index is 11.9. The average Bonchev–Trinajstić information content (AvgIpc) is 2.42. The van der Waals surface area contributed by atoms with Gasteiger partial charge >= 0.3 is 5.97 Å². The number of amides is 1. The molecule has 1 amide bonds. The van der Waals surface area contributed by atoms with E-state index in [-0.39, 0.29) is 22.6 Å². The fourth-order valence-electron chi connectivity index (χ4n) is 1.54. The Kier molecular flexibility index (Phi) is 3.52. The number of carbonyl (C=O) groups excluding carboxylic acids is 1. The van der Waals surface area contributed by atoms with Crippen LogP contribution in [0, 0.1) is 0 Å². The number of rotatable bonds is 3. The monoisotopic (exact) mass is 274 g/mol. The van der Waals surface area contributed by atoms with Gasteiger partial charge in [0.05, 0.1) is 17.4 Å². The molecule has 7 heteroatoms. The molecule has 0 fully saturated rings. The van der Waals surface area contributed by atoms with Crippen molar-refractivity contribution in [3.63, 3.8) is 0 Å². The van der Waals surface area contributed by atoms with Gasteiger partial charge < -0.3 is 20.6 Å². The summed E-state index contributed by atoms with van der Waals surface area (Å²) >= 11 is 0. The number of carboxylic acids is 1. The number of pyridine rings is 1. The number of nitrogens with one attached hydrogen (secondary N) is 1. The largest absolute Gasteiger partial charge is 0.504 e. The lowest BCUT2D eigenvalue weighted by atomic mass is 10.1. The first-order valence-electron chi connectivity index (χ1n) is 5.49. The number of anilines is 1. The first kappa shape index (κ1) is 13.3. The van der Waals surface area contributed by atoms with Gasteiger partial charge in [-0.2, -0.15) is 0 Å². The molecule has 0 spiro atoms. The quantitative estimate of drug-likeness (QED) is 0.629. The van der Waals surface area contributed by atoms with Crippen LogP contribution in [0.15, 0.2) is 36.7 Å². The van der Waals surface area contributed by atoms with Crippen molar-refractivity contribution >= 4 is 17.6 Å². The van der Waals surface area contributed by atoms with E-state index in [0.29, 0.717) is 0 Å². The predicted molar refractivity (Wildman–Crippen MR) is 68.9 cm³/mol. The second-order valence-electron chi connectivity index (χ2n) is 3.88. The van der Waals surface area contributed by atoms with Crippen LogP contribution in [0.25, 0.3) is 0 Å². The summed E-state index contributed by atoms with van der Waals surface area (Å²) in [6.45, 7) is 0. The predicted octanol–water partition coefficient (Wildman–Crippen LogP) is 1.44. The SMILES string of the molecule is O=C(Nc1cnccc1C(=O)O)c1ccc(O)c(O)c1. The standard InChI is InChI=1S/C13H10N2O5/c16-10-2-1-7(5-11(10)17)12(18)15-9-6-14-4-3-8(9)13(19)20/h1-6,16-17H,(H,15,18)(H,19,20). The lowest BCUT2D eigenvalue weighted by Gasteiger charge is -2.08. The first-order valence-corrected chi connectivity index (χ1v) is 5.49. The van der Waals surface area contributed by atoms with Gasteiger partial charge in [0.1, 0.15) is 0 Å². The maximum Gasteiger partial charge on any atom is 0.337 e. The Labute approximate surface area is 113 Å². The molecule has 20 heavy (non-hydrogen) atoms. The van der Waals surface area contributed by atoms with Crippen LogP contribution in [0.2, 0.25) is 0 Å². The fourth-order valence-corrected chi connectivity index (χ4v) is 1.54. The molecule has 0 saturated heterocycles. The van der Waals surface area contributed by atoms with E-state index in [1.54, 1.807) is 0 Å². The van der Waals surface area contributed by atoms with Gasteiger partial charge in [0.15, 0.2) is 11.5 Å². The molecule has 0 aliphatic rings. The molecule has 0 saturated carbocycles. The molecule has 1 aromatic carbocycles. The third-order valence-corrected chi connectivity index (χ3v) is 2.54. The van der Waals surface area contributed by atoms with E-state index in [1.165, 1.54) is 24.5 Å². The van der Waals surface area contributed by atoms with Crippen molar-refractivity contribution in [2.75, 3.05) is 5.32 Å². The van der Waals surface area contributed by atoms with E-state index in [0.717, 1.165) is 12.1 Å². The fraction of sp³-hybridized carbons (Fsp3) is 0. The minimum atomic E-state index is -1.20. The van der Waals surface area contributed by atoms with E-state index in [1.807, 2.05) is 0 Å². The lowest BCUT2D eigenvalue weighted by molar-refractivity contribution is 0.0698. The highest BCUT2D eigenvalue weighted by Crippen LogP contribution is 2.25. The Morgan fingerprint density at radius 1 is 1.10 bits per heavy atom. The minimum Gasteiger partial charge on any atom is -0.504 e. The van der Waals surface area contributed by atoms with Gasteiger partial charge in [-0.1, -0.05) is 0 Å². The molecule has 0 aliphatic heterocycles. The summed E-state index contributed by atoms with van der Waals surface area (Å²) in [5.74, 6) is -2.62. The van der Waals surface area contributed by atoms with E-state index in [2.05, 4.69) is 10.3 Å². The summed E-state index contributed by atoms with van der Waals surface area (Å²) in [5, 5.41) is 29.8.